The van der Waals surface area contributed by atoms with E-state index in [0.29, 0.717) is 49.2 Å². The molecule has 218 valence electrons. The smallest absolute Gasteiger partial charge is 0.306 e. The molecular formula is C34H37N3O5. The number of nitrogens with zero attached hydrogens (tertiary/aromatic N) is 2. The molecule has 4 rings (SSSR count). The molecule has 1 aliphatic rings. The number of nitriles is 1. The maximum absolute atomic E-state index is 14.0. The van der Waals surface area contributed by atoms with Crippen molar-refractivity contribution in [2.75, 3.05) is 20.2 Å². The lowest BCUT2D eigenvalue weighted by Gasteiger charge is -2.40. The van der Waals surface area contributed by atoms with Crippen molar-refractivity contribution < 1.29 is 23.9 Å². The molecular weight excluding hydrogens is 530 g/mol. The van der Waals surface area contributed by atoms with Gasteiger partial charge in [-0.3, -0.25) is 14.4 Å². The van der Waals surface area contributed by atoms with Gasteiger partial charge in [-0.2, -0.15) is 5.26 Å². The zero-order valence-electron chi connectivity index (χ0n) is 24.3. The molecule has 1 heterocycles. The highest BCUT2D eigenvalue weighted by Gasteiger charge is 2.42. The molecule has 3 aromatic carbocycles. The number of nitrogens with one attached hydrogen (secondary N) is 1. The highest BCUT2D eigenvalue weighted by Crippen LogP contribution is 2.37. The van der Waals surface area contributed by atoms with Crippen LogP contribution in [0.2, 0.25) is 0 Å². The molecule has 0 aromatic heterocycles. The molecule has 42 heavy (non-hydrogen) atoms. The quantitative estimate of drug-likeness (QED) is 0.327. The fourth-order valence-corrected chi connectivity index (χ4v) is 5.29. The summed E-state index contributed by atoms with van der Waals surface area (Å²) in [6.45, 7) is 4.99. The lowest BCUT2D eigenvalue weighted by molar-refractivity contribution is -0.147. The Hall–Kier alpha value is -4.64. The minimum atomic E-state index is -0.988. The predicted molar refractivity (Wildman–Crippen MR) is 158 cm³/mol. The molecule has 1 atom stereocenters. The number of hydrogen-bond donors (Lipinski definition) is 1. The monoisotopic (exact) mass is 567 g/mol. The van der Waals surface area contributed by atoms with Crippen LogP contribution in [0, 0.1) is 22.7 Å². The number of piperidine rings is 1. The minimum absolute atomic E-state index is 0.0754. The SMILES string of the molecule is COc1ccc(C(NC(=O)c2ccc(C#N)cc2)C(C)(C)C(=O)N2CCC(CC(=O)OCc3ccccc3)CC2)cc1. The molecule has 8 nitrogen and oxygen atoms in total. The first-order valence-electron chi connectivity index (χ1n) is 14.1. The Morgan fingerprint density at radius 2 is 1.62 bits per heavy atom. The minimum Gasteiger partial charge on any atom is -0.497 e. The van der Waals surface area contributed by atoms with Crippen LogP contribution in [-0.2, 0) is 20.9 Å². The fraction of sp³-hybridized carbons (Fsp3) is 0.353. The fourth-order valence-electron chi connectivity index (χ4n) is 5.29. The van der Waals surface area contributed by atoms with Crippen LogP contribution in [0.3, 0.4) is 0 Å². The normalized spacial score (nSPS) is 14.4. The zero-order chi connectivity index (χ0) is 30.1. The maximum atomic E-state index is 14.0. The van der Waals surface area contributed by atoms with Gasteiger partial charge in [0, 0.05) is 25.1 Å². The van der Waals surface area contributed by atoms with E-state index in [-0.39, 0.29) is 30.3 Å². The largest absolute Gasteiger partial charge is 0.497 e. The van der Waals surface area contributed by atoms with Crippen molar-refractivity contribution in [1.29, 1.82) is 5.26 Å². The second-order valence-corrected chi connectivity index (χ2v) is 11.2. The molecule has 1 N–H and O–H groups in total. The third kappa shape index (κ3) is 7.55. The van der Waals surface area contributed by atoms with Crippen LogP contribution in [0.5, 0.6) is 5.75 Å². The third-order valence-electron chi connectivity index (χ3n) is 7.87. The van der Waals surface area contributed by atoms with Gasteiger partial charge >= 0.3 is 5.97 Å². The number of carbonyl (C=O) groups is 3. The Kier molecular flexibility index (Phi) is 9.98. The Balaban J connectivity index is 1.42. The van der Waals surface area contributed by atoms with Gasteiger partial charge in [-0.15, -0.1) is 0 Å². The number of esters is 1. The van der Waals surface area contributed by atoms with Crippen LogP contribution < -0.4 is 10.1 Å². The highest BCUT2D eigenvalue weighted by atomic mass is 16.5. The molecule has 8 heteroatoms. The first kappa shape index (κ1) is 30.3. The van der Waals surface area contributed by atoms with E-state index >= 15 is 0 Å². The van der Waals surface area contributed by atoms with Crippen LogP contribution in [0.15, 0.2) is 78.9 Å². The van der Waals surface area contributed by atoms with E-state index in [1.54, 1.807) is 43.5 Å². The van der Waals surface area contributed by atoms with E-state index in [1.807, 2.05) is 61.2 Å². The van der Waals surface area contributed by atoms with E-state index in [9.17, 15) is 14.4 Å². The second kappa shape index (κ2) is 13.8. The highest BCUT2D eigenvalue weighted by molar-refractivity contribution is 5.95. The molecule has 1 aliphatic heterocycles. The van der Waals surface area contributed by atoms with E-state index in [0.717, 1.165) is 11.1 Å². The maximum Gasteiger partial charge on any atom is 0.306 e. The molecule has 0 saturated carbocycles. The third-order valence-corrected chi connectivity index (χ3v) is 7.87. The molecule has 0 radical (unpaired) electrons. The van der Waals surface area contributed by atoms with Crippen molar-refractivity contribution >= 4 is 17.8 Å². The van der Waals surface area contributed by atoms with E-state index in [2.05, 4.69) is 11.4 Å². The molecule has 0 bridgehead atoms. The first-order chi connectivity index (χ1) is 20.2. The Morgan fingerprint density at radius 3 is 2.21 bits per heavy atom. The van der Waals surface area contributed by atoms with Crippen LogP contribution in [0.1, 0.15) is 66.2 Å². The lowest BCUT2D eigenvalue weighted by Crippen LogP contribution is -2.51. The summed E-state index contributed by atoms with van der Waals surface area (Å²) in [5, 5.41) is 12.2. The summed E-state index contributed by atoms with van der Waals surface area (Å²) in [4.78, 5) is 41.5. The summed E-state index contributed by atoms with van der Waals surface area (Å²) in [7, 11) is 1.58. The number of methoxy groups -OCH3 is 1. The number of carbonyl (C=O) groups excluding carboxylic acids is 3. The molecule has 0 spiro atoms. The van der Waals surface area contributed by atoms with Crippen LogP contribution in [0.4, 0.5) is 0 Å². The first-order valence-corrected chi connectivity index (χ1v) is 14.1. The van der Waals surface area contributed by atoms with Gasteiger partial charge in [0.15, 0.2) is 0 Å². The van der Waals surface area contributed by atoms with Gasteiger partial charge in [0.25, 0.3) is 5.91 Å². The standard InChI is InChI=1S/C34H37N3O5/c1-34(2,33(40)37-19-17-24(18-20-37)21-30(38)42-23-26-7-5-4-6-8-26)31(27-13-15-29(41-3)16-14-27)36-32(39)28-11-9-25(22-35)10-12-28/h4-16,24,31H,17-21,23H2,1-3H3,(H,36,39). The average Bonchev–Trinajstić information content (AvgIpc) is 3.03. The Labute approximate surface area is 247 Å². The van der Waals surface area contributed by atoms with Crippen LogP contribution in [-0.4, -0.2) is 42.9 Å². The van der Waals surface area contributed by atoms with Gasteiger partial charge in [0.2, 0.25) is 5.91 Å². The zero-order valence-corrected chi connectivity index (χ0v) is 24.3. The Morgan fingerprint density at radius 1 is 0.976 bits per heavy atom. The summed E-state index contributed by atoms with van der Waals surface area (Å²) in [6.07, 6.45) is 1.73. The number of hydrogen-bond acceptors (Lipinski definition) is 6. The van der Waals surface area contributed by atoms with Crippen LogP contribution in [0.25, 0.3) is 0 Å². The van der Waals surface area contributed by atoms with Gasteiger partial charge in [0.1, 0.15) is 12.4 Å². The summed E-state index contributed by atoms with van der Waals surface area (Å²) in [5.74, 6) is 0.176. The van der Waals surface area contributed by atoms with Crippen molar-refractivity contribution in [3.05, 3.63) is 101 Å². The van der Waals surface area contributed by atoms with Crippen molar-refractivity contribution in [3.63, 3.8) is 0 Å². The van der Waals surface area contributed by atoms with E-state index < -0.39 is 11.5 Å². The molecule has 1 saturated heterocycles. The van der Waals surface area contributed by atoms with Gasteiger partial charge in [-0.1, -0.05) is 42.5 Å². The number of likely N-dealkylation sites (tertiary alicyclic amines) is 1. The van der Waals surface area contributed by atoms with Crippen LogP contribution >= 0.6 is 0 Å². The molecule has 1 unspecified atom stereocenters. The summed E-state index contributed by atoms with van der Waals surface area (Å²) < 4.78 is 10.8. The molecule has 2 amide bonds. The molecule has 1 fully saturated rings. The second-order valence-electron chi connectivity index (χ2n) is 11.2. The van der Waals surface area contributed by atoms with Crippen molar-refractivity contribution in [2.24, 2.45) is 11.3 Å². The Bertz CT molecular complexity index is 1400. The summed E-state index contributed by atoms with van der Waals surface area (Å²) in [6, 6.07) is 24.7. The van der Waals surface area contributed by atoms with E-state index in [4.69, 9.17) is 14.7 Å². The lowest BCUT2D eigenvalue weighted by atomic mass is 9.78. The number of rotatable bonds is 10. The number of amides is 2. The number of benzene rings is 3. The molecule has 0 aliphatic carbocycles. The number of ether oxygens (including phenoxy) is 2. The average molecular weight is 568 g/mol. The van der Waals surface area contributed by atoms with Gasteiger partial charge in [-0.05, 0) is 80.1 Å². The van der Waals surface area contributed by atoms with E-state index in [1.165, 1.54) is 0 Å². The van der Waals surface area contributed by atoms with Gasteiger partial charge < -0.3 is 19.7 Å². The van der Waals surface area contributed by atoms with Crippen molar-refractivity contribution in [1.82, 2.24) is 10.2 Å². The molecule has 3 aromatic rings. The van der Waals surface area contributed by atoms with Crippen molar-refractivity contribution in [3.8, 4) is 11.8 Å². The van der Waals surface area contributed by atoms with Crippen molar-refractivity contribution in [2.45, 2.75) is 45.8 Å². The summed E-state index contributed by atoms with van der Waals surface area (Å²) in [5.41, 5.74) is 1.59. The summed E-state index contributed by atoms with van der Waals surface area (Å²) >= 11 is 0. The van der Waals surface area contributed by atoms with Gasteiger partial charge in [0.05, 0.1) is 30.2 Å². The topological polar surface area (TPSA) is 109 Å². The predicted octanol–water partition coefficient (Wildman–Crippen LogP) is 5.44. The van der Waals surface area contributed by atoms with Gasteiger partial charge in [-0.25, -0.2) is 0 Å².